The molecular weight excluding hydrogens is 517 g/mol. The fraction of sp³-hybridized carbons (Fsp3) is 0.667. The number of benzene rings is 1. The molecule has 3 rings (SSSR count). The molecule has 0 aliphatic carbocycles. The summed E-state index contributed by atoms with van der Waals surface area (Å²) in [6.45, 7) is 8.99. The van der Waals surface area contributed by atoms with Gasteiger partial charge in [-0.3, -0.25) is 14.7 Å². The van der Waals surface area contributed by atoms with Crippen LogP contribution in [0.2, 0.25) is 0 Å². The molecule has 1 amide bonds. The van der Waals surface area contributed by atoms with Gasteiger partial charge < -0.3 is 20.2 Å². The summed E-state index contributed by atoms with van der Waals surface area (Å²) in [5, 5.41) is 13.8. The quantitative estimate of drug-likeness (QED) is 0.306. The van der Waals surface area contributed by atoms with Gasteiger partial charge in [-0.15, -0.1) is 24.0 Å². The molecule has 0 saturated carbocycles. The Kier molecular flexibility index (Phi) is 12.3. The highest BCUT2D eigenvalue weighted by Gasteiger charge is 2.24. The molecule has 1 aromatic rings. The molecule has 0 aromatic heterocycles. The number of nitrogens with one attached hydrogen (secondary N) is 1. The van der Waals surface area contributed by atoms with E-state index in [4.69, 9.17) is 4.99 Å². The van der Waals surface area contributed by atoms with Crippen molar-refractivity contribution >= 4 is 35.8 Å². The second-order valence-corrected chi connectivity index (χ2v) is 8.60. The second-order valence-electron chi connectivity index (χ2n) is 8.60. The SMILES string of the molecule is CCNC(=NCC(O)Cc1ccccc1)N1CCN(CC(=O)N2CCCCCC2)CC1.I. The first-order valence-corrected chi connectivity index (χ1v) is 11.9. The Balaban J connectivity index is 0.00000363. The fourth-order valence-electron chi connectivity index (χ4n) is 4.30. The summed E-state index contributed by atoms with van der Waals surface area (Å²) in [5.41, 5.74) is 1.12. The summed E-state index contributed by atoms with van der Waals surface area (Å²) in [7, 11) is 0. The minimum Gasteiger partial charge on any atom is -0.391 e. The maximum atomic E-state index is 12.7. The summed E-state index contributed by atoms with van der Waals surface area (Å²) in [6.07, 6.45) is 4.87. The van der Waals surface area contributed by atoms with Gasteiger partial charge in [-0.05, 0) is 25.3 Å². The molecular formula is C24H40IN5O2. The predicted molar refractivity (Wildman–Crippen MR) is 141 cm³/mol. The lowest BCUT2D eigenvalue weighted by Gasteiger charge is -2.37. The van der Waals surface area contributed by atoms with Gasteiger partial charge in [-0.2, -0.15) is 0 Å². The molecule has 2 aliphatic heterocycles. The molecule has 1 atom stereocenters. The van der Waals surface area contributed by atoms with E-state index in [0.717, 1.165) is 70.2 Å². The average Bonchev–Trinajstić information content (AvgIpc) is 3.08. The van der Waals surface area contributed by atoms with E-state index in [1.165, 1.54) is 12.8 Å². The van der Waals surface area contributed by atoms with Gasteiger partial charge in [0, 0.05) is 52.2 Å². The minimum atomic E-state index is -0.497. The van der Waals surface area contributed by atoms with E-state index >= 15 is 0 Å². The summed E-state index contributed by atoms with van der Waals surface area (Å²) >= 11 is 0. The largest absolute Gasteiger partial charge is 0.391 e. The molecule has 1 aromatic carbocycles. The highest BCUT2D eigenvalue weighted by molar-refractivity contribution is 14.0. The number of halogens is 1. The molecule has 32 heavy (non-hydrogen) atoms. The highest BCUT2D eigenvalue weighted by Crippen LogP contribution is 2.11. The zero-order valence-corrected chi connectivity index (χ0v) is 21.7. The smallest absolute Gasteiger partial charge is 0.236 e. The Hall–Kier alpha value is -1.39. The molecule has 2 N–H and O–H groups in total. The number of aliphatic hydroxyl groups excluding tert-OH is 1. The van der Waals surface area contributed by atoms with E-state index in [1.54, 1.807) is 0 Å². The number of amides is 1. The standard InChI is InChI=1S/C24H39N5O2.HI/c1-2-25-24(26-19-22(30)18-21-10-6-5-7-11-21)29-16-14-27(15-17-29)20-23(31)28-12-8-3-4-9-13-28;/h5-7,10-11,22,30H,2-4,8-9,12-20H2,1H3,(H,25,26);1H. The van der Waals surface area contributed by atoms with E-state index in [-0.39, 0.29) is 29.9 Å². The van der Waals surface area contributed by atoms with Crippen LogP contribution in [-0.4, -0.2) is 96.7 Å². The van der Waals surface area contributed by atoms with E-state index in [0.29, 0.717) is 19.5 Å². The van der Waals surface area contributed by atoms with Crippen molar-refractivity contribution in [2.45, 2.75) is 45.1 Å². The van der Waals surface area contributed by atoms with Crippen LogP contribution in [0.25, 0.3) is 0 Å². The lowest BCUT2D eigenvalue weighted by Crippen LogP contribution is -2.54. The molecule has 0 spiro atoms. The van der Waals surface area contributed by atoms with Crippen LogP contribution in [0.15, 0.2) is 35.3 Å². The van der Waals surface area contributed by atoms with Crippen LogP contribution in [0.4, 0.5) is 0 Å². The third-order valence-corrected chi connectivity index (χ3v) is 6.09. The predicted octanol–water partition coefficient (Wildman–Crippen LogP) is 2.19. The number of rotatable bonds is 7. The van der Waals surface area contributed by atoms with Crippen molar-refractivity contribution in [2.75, 3.05) is 58.9 Å². The number of likely N-dealkylation sites (tertiary alicyclic amines) is 1. The molecule has 0 radical (unpaired) electrons. The van der Waals surface area contributed by atoms with Crippen LogP contribution in [0.1, 0.15) is 38.2 Å². The maximum absolute atomic E-state index is 12.7. The number of hydrogen-bond donors (Lipinski definition) is 2. The normalized spacial score (nSPS) is 19.1. The number of nitrogens with zero attached hydrogens (tertiary/aromatic N) is 4. The average molecular weight is 558 g/mol. The Morgan fingerprint density at radius 3 is 2.28 bits per heavy atom. The monoisotopic (exact) mass is 557 g/mol. The third kappa shape index (κ3) is 8.86. The topological polar surface area (TPSA) is 71.4 Å². The Bertz CT molecular complexity index is 687. The first kappa shape index (κ1) is 26.9. The van der Waals surface area contributed by atoms with E-state index in [9.17, 15) is 9.90 Å². The Labute approximate surface area is 210 Å². The van der Waals surface area contributed by atoms with Gasteiger partial charge in [-0.25, -0.2) is 0 Å². The lowest BCUT2D eigenvalue weighted by molar-refractivity contribution is -0.132. The van der Waals surface area contributed by atoms with Crippen molar-refractivity contribution in [3.05, 3.63) is 35.9 Å². The maximum Gasteiger partial charge on any atom is 0.236 e. The van der Waals surface area contributed by atoms with Crippen molar-refractivity contribution in [1.82, 2.24) is 20.0 Å². The van der Waals surface area contributed by atoms with Crippen molar-refractivity contribution in [3.8, 4) is 0 Å². The molecule has 2 heterocycles. The highest BCUT2D eigenvalue weighted by atomic mass is 127. The summed E-state index contributed by atoms with van der Waals surface area (Å²) < 4.78 is 0. The van der Waals surface area contributed by atoms with Gasteiger partial charge in [0.25, 0.3) is 0 Å². The van der Waals surface area contributed by atoms with Crippen molar-refractivity contribution in [3.63, 3.8) is 0 Å². The van der Waals surface area contributed by atoms with Crippen LogP contribution in [-0.2, 0) is 11.2 Å². The number of carbonyl (C=O) groups excluding carboxylic acids is 1. The molecule has 2 fully saturated rings. The van der Waals surface area contributed by atoms with Gasteiger partial charge in [0.05, 0.1) is 19.2 Å². The number of aliphatic hydroxyl groups is 1. The molecule has 2 saturated heterocycles. The van der Waals surface area contributed by atoms with Crippen molar-refractivity contribution < 1.29 is 9.90 Å². The zero-order chi connectivity index (χ0) is 21.9. The van der Waals surface area contributed by atoms with Crippen LogP contribution < -0.4 is 5.32 Å². The molecule has 8 heteroatoms. The number of aliphatic imine (C=N–C) groups is 1. The van der Waals surface area contributed by atoms with Crippen molar-refractivity contribution in [2.24, 2.45) is 4.99 Å². The van der Waals surface area contributed by atoms with E-state index in [1.807, 2.05) is 30.3 Å². The number of hydrogen-bond acceptors (Lipinski definition) is 4. The molecule has 7 nitrogen and oxygen atoms in total. The van der Waals surface area contributed by atoms with Gasteiger partial charge in [0.2, 0.25) is 5.91 Å². The van der Waals surface area contributed by atoms with Gasteiger partial charge in [-0.1, -0.05) is 43.2 Å². The Morgan fingerprint density at radius 1 is 1.00 bits per heavy atom. The molecule has 1 unspecified atom stereocenters. The summed E-state index contributed by atoms with van der Waals surface area (Å²) in [6, 6.07) is 10.0. The first-order chi connectivity index (χ1) is 15.2. The van der Waals surface area contributed by atoms with Gasteiger partial charge in [0.15, 0.2) is 5.96 Å². The Morgan fingerprint density at radius 2 is 1.66 bits per heavy atom. The molecule has 0 bridgehead atoms. The summed E-state index contributed by atoms with van der Waals surface area (Å²) in [4.78, 5) is 23.9. The molecule has 2 aliphatic rings. The van der Waals surface area contributed by atoms with Crippen LogP contribution >= 0.6 is 24.0 Å². The van der Waals surface area contributed by atoms with Crippen LogP contribution in [0, 0.1) is 0 Å². The number of guanidine groups is 1. The van der Waals surface area contributed by atoms with Gasteiger partial charge >= 0.3 is 0 Å². The minimum absolute atomic E-state index is 0. The fourth-order valence-corrected chi connectivity index (χ4v) is 4.30. The van der Waals surface area contributed by atoms with E-state index < -0.39 is 6.10 Å². The van der Waals surface area contributed by atoms with Crippen molar-refractivity contribution in [1.29, 1.82) is 0 Å². The number of carbonyl (C=O) groups is 1. The zero-order valence-electron chi connectivity index (χ0n) is 19.4. The number of piperazine rings is 1. The van der Waals surface area contributed by atoms with Crippen LogP contribution in [0.3, 0.4) is 0 Å². The summed E-state index contributed by atoms with van der Waals surface area (Å²) in [5.74, 6) is 1.13. The third-order valence-electron chi connectivity index (χ3n) is 6.09. The van der Waals surface area contributed by atoms with Gasteiger partial charge in [0.1, 0.15) is 0 Å². The van der Waals surface area contributed by atoms with Crippen LogP contribution in [0.5, 0.6) is 0 Å². The molecule has 180 valence electrons. The second kappa shape index (κ2) is 14.7. The lowest BCUT2D eigenvalue weighted by atomic mass is 10.1. The first-order valence-electron chi connectivity index (χ1n) is 11.9. The van der Waals surface area contributed by atoms with E-state index in [2.05, 4.69) is 26.9 Å².